The molecule has 1 aromatic rings. The van der Waals surface area contributed by atoms with E-state index in [1.54, 1.807) is 0 Å². The fourth-order valence-corrected chi connectivity index (χ4v) is 3.68. The fourth-order valence-electron chi connectivity index (χ4n) is 3.68. The molecule has 21 heavy (non-hydrogen) atoms. The van der Waals surface area contributed by atoms with Gasteiger partial charge in [0.25, 0.3) is 0 Å². The molecule has 4 nitrogen and oxygen atoms in total. The molecule has 0 aliphatic carbocycles. The maximum Gasteiger partial charge on any atom is 0.0678 e. The number of hydrogen-bond donors (Lipinski definition) is 0. The first-order valence-electron chi connectivity index (χ1n) is 8.22. The minimum atomic E-state index is 0.375. The number of morpholine rings is 1. The lowest BCUT2D eigenvalue weighted by molar-refractivity contribution is -0.0866. The summed E-state index contributed by atoms with van der Waals surface area (Å²) in [7, 11) is 0. The highest BCUT2D eigenvalue weighted by Crippen LogP contribution is 2.22. The van der Waals surface area contributed by atoms with E-state index >= 15 is 0 Å². The van der Waals surface area contributed by atoms with Gasteiger partial charge in [0.1, 0.15) is 0 Å². The van der Waals surface area contributed by atoms with Gasteiger partial charge in [-0.3, -0.25) is 14.8 Å². The zero-order valence-corrected chi connectivity index (χ0v) is 13.2. The highest BCUT2D eigenvalue weighted by Gasteiger charge is 2.30. The lowest BCUT2D eigenvalue weighted by Gasteiger charge is -2.43. The van der Waals surface area contributed by atoms with Crippen molar-refractivity contribution >= 4 is 0 Å². The summed E-state index contributed by atoms with van der Waals surface area (Å²) >= 11 is 0. The monoisotopic (exact) mass is 289 g/mol. The molecule has 0 radical (unpaired) electrons. The van der Waals surface area contributed by atoms with Crippen LogP contribution in [-0.2, 0) is 11.3 Å². The number of aromatic nitrogens is 1. The molecule has 2 unspecified atom stereocenters. The van der Waals surface area contributed by atoms with Crippen molar-refractivity contribution in [3.63, 3.8) is 0 Å². The Morgan fingerprint density at radius 2 is 1.86 bits per heavy atom. The van der Waals surface area contributed by atoms with E-state index in [-0.39, 0.29) is 0 Å². The minimum absolute atomic E-state index is 0.375. The van der Waals surface area contributed by atoms with E-state index in [1.807, 2.05) is 12.3 Å². The molecule has 2 saturated heterocycles. The summed E-state index contributed by atoms with van der Waals surface area (Å²) < 4.78 is 5.85. The average molecular weight is 289 g/mol. The maximum absolute atomic E-state index is 5.85. The van der Waals surface area contributed by atoms with Gasteiger partial charge < -0.3 is 4.74 Å². The fraction of sp³-hybridized carbons (Fsp3) is 0.706. The number of hydrogen-bond acceptors (Lipinski definition) is 4. The second kappa shape index (κ2) is 6.86. The van der Waals surface area contributed by atoms with Crippen LogP contribution in [0.1, 0.15) is 32.4 Å². The first kappa shape index (κ1) is 14.9. The third-order valence-electron chi connectivity index (χ3n) is 4.63. The van der Waals surface area contributed by atoms with E-state index in [0.717, 1.165) is 25.7 Å². The Morgan fingerprint density at radius 1 is 1.14 bits per heavy atom. The van der Waals surface area contributed by atoms with Gasteiger partial charge in [-0.2, -0.15) is 0 Å². The number of ether oxygens (including phenoxy) is 1. The van der Waals surface area contributed by atoms with Gasteiger partial charge in [-0.25, -0.2) is 0 Å². The van der Waals surface area contributed by atoms with Crippen LogP contribution < -0.4 is 0 Å². The normalized spacial score (nSPS) is 29.6. The number of likely N-dealkylation sites (tertiary alicyclic amines) is 1. The van der Waals surface area contributed by atoms with E-state index in [4.69, 9.17) is 4.74 Å². The smallest absolute Gasteiger partial charge is 0.0678 e. The molecule has 4 heteroatoms. The summed E-state index contributed by atoms with van der Waals surface area (Å²) in [6, 6.07) is 6.92. The molecule has 3 heterocycles. The average Bonchev–Trinajstić information content (AvgIpc) is 2.48. The molecule has 0 amide bonds. The second-order valence-corrected chi connectivity index (χ2v) is 6.54. The van der Waals surface area contributed by atoms with Crippen LogP contribution in [0, 0.1) is 0 Å². The number of piperidine rings is 1. The topological polar surface area (TPSA) is 28.6 Å². The van der Waals surface area contributed by atoms with Gasteiger partial charge in [0, 0.05) is 45.0 Å². The van der Waals surface area contributed by atoms with E-state index in [1.165, 1.54) is 31.6 Å². The summed E-state index contributed by atoms with van der Waals surface area (Å²) in [4.78, 5) is 9.62. The Labute approximate surface area is 128 Å². The standard InChI is InChI=1S/C17H27N3O/c1-14-11-20(12-15(2)21-14)17-6-9-19(10-7-17)13-16-5-3-4-8-18-16/h3-5,8,14-15,17H,6-7,9-13H2,1-2H3. The van der Waals surface area contributed by atoms with Crippen LogP contribution in [0.5, 0.6) is 0 Å². The van der Waals surface area contributed by atoms with Crippen molar-refractivity contribution in [2.24, 2.45) is 0 Å². The van der Waals surface area contributed by atoms with Gasteiger partial charge in [0.05, 0.1) is 17.9 Å². The SMILES string of the molecule is CC1CN(C2CCN(Cc3ccccn3)CC2)CC(C)O1. The van der Waals surface area contributed by atoms with Gasteiger partial charge in [-0.05, 0) is 38.8 Å². The lowest BCUT2D eigenvalue weighted by Crippen LogP contribution is -2.53. The first-order valence-corrected chi connectivity index (χ1v) is 8.22. The van der Waals surface area contributed by atoms with Crippen molar-refractivity contribution in [2.45, 2.75) is 51.5 Å². The predicted molar refractivity (Wildman–Crippen MR) is 84.1 cm³/mol. The molecule has 0 saturated carbocycles. The van der Waals surface area contributed by atoms with Crippen LogP contribution in [-0.4, -0.2) is 59.2 Å². The van der Waals surface area contributed by atoms with Crippen molar-refractivity contribution in [2.75, 3.05) is 26.2 Å². The van der Waals surface area contributed by atoms with Crippen molar-refractivity contribution in [1.29, 1.82) is 0 Å². The van der Waals surface area contributed by atoms with E-state index in [9.17, 15) is 0 Å². The van der Waals surface area contributed by atoms with Crippen LogP contribution in [0.4, 0.5) is 0 Å². The van der Waals surface area contributed by atoms with E-state index in [2.05, 4.69) is 40.8 Å². The Kier molecular flexibility index (Phi) is 4.88. The lowest BCUT2D eigenvalue weighted by atomic mass is 10.0. The maximum atomic E-state index is 5.85. The summed E-state index contributed by atoms with van der Waals surface area (Å²) in [5, 5.41) is 0. The van der Waals surface area contributed by atoms with Gasteiger partial charge >= 0.3 is 0 Å². The Hall–Kier alpha value is -0.970. The van der Waals surface area contributed by atoms with Crippen LogP contribution in [0.15, 0.2) is 24.4 Å². The van der Waals surface area contributed by atoms with Crippen LogP contribution in [0.2, 0.25) is 0 Å². The molecule has 1 aromatic heterocycles. The third kappa shape index (κ3) is 4.02. The summed E-state index contributed by atoms with van der Waals surface area (Å²) in [6.45, 7) is 9.93. The second-order valence-electron chi connectivity index (χ2n) is 6.54. The molecular formula is C17H27N3O. The van der Waals surface area contributed by atoms with Gasteiger partial charge in [-0.15, -0.1) is 0 Å². The zero-order chi connectivity index (χ0) is 14.7. The van der Waals surface area contributed by atoms with Crippen molar-refractivity contribution < 1.29 is 4.74 Å². The molecule has 0 aromatic carbocycles. The van der Waals surface area contributed by atoms with Crippen molar-refractivity contribution in [1.82, 2.24) is 14.8 Å². The number of rotatable bonds is 3. The van der Waals surface area contributed by atoms with E-state index in [0.29, 0.717) is 12.2 Å². The molecule has 2 aliphatic rings. The summed E-state index contributed by atoms with van der Waals surface area (Å²) in [6.07, 6.45) is 5.18. The summed E-state index contributed by atoms with van der Waals surface area (Å²) in [5.41, 5.74) is 1.18. The molecule has 0 spiro atoms. The van der Waals surface area contributed by atoms with Crippen molar-refractivity contribution in [3.05, 3.63) is 30.1 Å². The number of pyridine rings is 1. The molecule has 2 atom stereocenters. The Balaban J connectivity index is 1.48. The first-order chi connectivity index (χ1) is 10.2. The number of nitrogens with zero attached hydrogens (tertiary/aromatic N) is 3. The zero-order valence-electron chi connectivity index (χ0n) is 13.2. The van der Waals surface area contributed by atoms with Gasteiger partial charge in [-0.1, -0.05) is 6.07 Å². The molecule has 2 fully saturated rings. The molecule has 0 N–H and O–H groups in total. The third-order valence-corrected chi connectivity index (χ3v) is 4.63. The Morgan fingerprint density at radius 3 is 2.48 bits per heavy atom. The largest absolute Gasteiger partial charge is 0.373 e. The van der Waals surface area contributed by atoms with Gasteiger partial charge in [0.2, 0.25) is 0 Å². The van der Waals surface area contributed by atoms with Crippen LogP contribution >= 0.6 is 0 Å². The molecule has 3 rings (SSSR count). The quantitative estimate of drug-likeness (QED) is 0.852. The molecule has 0 bridgehead atoms. The summed E-state index contributed by atoms with van der Waals surface area (Å²) in [5.74, 6) is 0. The molecule has 116 valence electrons. The van der Waals surface area contributed by atoms with Crippen LogP contribution in [0.3, 0.4) is 0 Å². The van der Waals surface area contributed by atoms with Crippen molar-refractivity contribution in [3.8, 4) is 0 Å². The molecule has 2 aliphatic heterocycles. The molecular weight excluding hydrogens is 262 g/mol. The highest BCUT2D eigenvalue weighted by atomic mass is 16.5. The van der Waals surface area contributed by atoms with Crippen LogP contribution in [0.25, 0.3) is 0 Å². The predicted octanol–water partition coefficient (Wildman–Crippen LogP) is 2.16. The Bertz CT molecular complexity index is 421. The van der Waals surface area contributed by atoms with Gasteiger partial charge in [0.15, 0.2) is 0 Å². The highest BCUT2D eigenvalue weighted by molar-refractivity contribution is 5.03. The van der Waals surface area contributed by atoms with E-state index < -0.39 is 0 Å². The minimum Gasteiger partial charge on any atom is -0.373 e.